The molecule has 1 aliphatic heterocycles. The van der Waals surface area contributed by atoms with E-state index in [0.717, 1.165) is 58.0 Å². The zero-order chi connectivity index (χ0) is 22.1. The zero-order valence-corrected chi connectivity index (χ0v) is 21.5. The molecule has 1 aromatic carbocycles. The second kappa shape index (κ2) is 10.9. The molecule has 9 heteroatoms. The smallest absolute Gasteiger partial charge is 0.214 e. The lowest BCUT2D eigenvalue weighted by Gasteiger charge is -2.50. The number of rotatable bonds is 8. The quantitative estimate of drug-likeness (QED) is 0.426. The molecule has 3 aliphatic rings. The molecule has 32 heavy (non-hydrogen) atoms. The SMILES string of the molecule is Cl.O=C(CCC1(N2CCN(S(=O)(=O)CC3CC3)CC2)CCCCC1)c1ccc(Cl)cc1Cl. The van der Waals surface area contributed by atoms with Gasteiger partial charge in [-0.25, -0.2) is 8.42 Å². The number of piperazine rings is 1. The van der Waals surface area contributed by atoms with Crippen LogP contribution in [0.2, 0.25) is 10.0 Å². The molecule has 5 nitrogen and oxygen atoms in total. The Labute approximate surface area is 208 Å². The summed E-state index contributed by atoms with van der Waals surface area (Å²) < 4.78 is 27.0. The van der Waals surface area contributed by atoms with E-state index in [9.17, 15) is 13.2 Å². The zero-order valence-electron chi connectivity index (χ0n) is 18.4. The fraction of sp³-hybridized carbons (Fsp3) is 0.696. The highest BCUT2D eigenvalue weighted by Gasteiger charge is 2.41. The molecule has 0 spiro atoms. The lowest BCUT2D eigenvalue weighted by molar-refractivity contribution is 0.0165. The number of carbonyl (C=O) groups is 1. The fourth-order valence-corrected chi connectivity index (χ4v) is 7.63. The van der Waals surface area contributed by atoms with Crippen molar-refractivity contribution in [2.75, 3.05) is 31.9 Å². The predicted molar refractivity (Wildman–Crippen MR) is 133 cm³/mol. The van der Waals surface area contributed by atoms with Gasteiger partial charge in [-0.2, -0.15) is 4.31 Å². The van der Waals surface area contributed by atoms with Crippen LogP contribution in [0.15, 0.2) is 18.2 Å². The highest BCUT2D eigenvalue weighted by atomic mass is 35.5. The number of carbonyl (C=O) groups excluding carboxylic acids is 1. The van der Waals surface area contributed by atoms with Crippen molar-refractivity contribution >= 4 is 51.4 Å². The van der Waals surface area contributed by atoms with E-state index in [-0.39, 0.29) is 23.7 Å². The average Bonchev–Trinajstić information content (AvgIpc) is 3.56. The van der Waals surface area contributed by atoms with Gasteiger partial charge in [0.25, 0.3) is 0 Å². The van der Waals surface area contributed by atoms with Crippen molar-refractivity contribution in [2.24, 2.45) is 5.92 Å². The minimum absolute atomic E-state index is 0. The van der Waals surface area contributed by atoms with Crippen LogP contribution in [0, 0.1) is 5.92 Å². The van der Waals surface area contributed by atoms with E-state index >= 15 is 0 Å². The summed E-state index contributed by atoms with van der Waals surface area (Å²) >= 11 is 12.2. The average molecular weight is 524 g/mol. The number of benzene rings is 1. The molecule has 180 valence electrons. The van der Waals surface area contributed by atoms with Crippen LogP contribution in [0.5, 0.6) is 0 Å². The molecule has 0 radical (unpaired) electrons. The van der Waals surface area contributed by atoms with Crippen molar-refractivity contribution in [2.45, 2.75) is 63.3 Å². The third-order valence-electron chi connectivity index (χ3n) is 7.28. The summed E-state index contributed by atoms with van der Waals surface area (Å²) in [6.07, 6.45) is 9.04. The largest absolute Gasteiger partial charge is 0.295 e. The number of Topliss-reactive ketones (excluding diaryl/α,β-unsaturated/α-hetero) is 1. The third-order valence-corrected chi connectivity index (χ3v) is 9.87. The van der Waals surface area contributed by atoms with Crippen LogP contribution in [0.25, 0.3) is 0 Å². The van der Waals surface area contributed by atoms with Crippen molar-refractivity contribution < 1.29 is 13.2 Å². The Hall–Kier alpha value is -0.370. The van der Waals surface area contributed by atoms with Crippen molar-refractivity contribution in [1.82, 2.24) is 9.21 Å². The first-order chi connectivity index (χ1) is 14.8. The molecule has 1 aromatic rings. The van der Waals surface area contributed by atoms with Gasteiger partial charge in [-0.05, 0) is 56.2 Å². The van der Waals surface area contributed by atoms with Gasteiger partial charge in [-0.1, -0.05) is 42.5 Å². The number of ketones is 1. The van der Waals surface area contributed by atoms with E-state index in [1.165, 1.54) is 6.42 Å². The molecule has 0 amide bonds. The maximum absolute atomic E-state index is 12.9. The molecule has 4 rings (SSSR count). The van der Waals surface area contributed by atoms with Gasteiger partial charge in [0.15, 0.2) is 5.78 Å². The van der Waals surface area contributed by atoms with E-state index < -0.39 is 10.0 Å². The molecule has 0 aromatic heterocycles. The standard InChI is InChI=1S/C23H32Cl2N2O3S.ClH/c24-19-6-7-20(21(25)16-19)22(28)8-11-23(9-2-1-3-10-23)26-12-14-27(15-13-26)31(29,30)17-18-4-5-18;/h6-7,16,18H,1-5,8-15,17H2;1H. The summed E-state index contributed by atoms with van der Waals surface area (Å²) in [6.45, 7) is 2.63. The van der Waals surface area contributed by atoms with E-state index in [1.54, 1.807) is 22.5 Å². The summed E-state index contributed by atoms with van der Waals surface area (Å²) in [5.41, 5.74) is 0.520. The molecule has 0 atom stereocenters. The minimum atomic E-state index is -3.14. The van der Waals surface area contributed by atoms with Gasteiger partial charge in [-0.3, -0.25) is 9.69 Å². The van der Waals surface area contributed by atoms with E-state index in [2.05, 4.69) is 4.90 Å². The summed E-state index contributed by atoms with van der Waals surface area (Å²) in [4.78, 5) is 15.4. The van der Waals surface area contributed by atoms with E-state index in [4.69, 9.17) is 23.2 Å². The first kappa shape index (κ1) is 26.2. The van der Waals surface area contributed by atoms with Crippen LogP contribution in [-0.4, -0.2) is 60.9 Å². The van der Waals surface area contributed by atoms with Gasteiger partial charge < -0.3 is 0 Å². The Morgan fingerprint density at radius 3 is 2.28 bits per heavy atom. The van der Waals surface area contributed by atoms with Gasteiger partial charge >= 0.3 is 0 Å². The second-order valence-corrected chi connectivity index (χ2v) is 12.3. The number of halogens is 3. The van der Waals surface area contributed by atoms with Crippen LogP contribution in [0.4, 0.5) is 0 Å². The van der Waals surface area contributed by atoms with Crippen LogP contribution in [-0.2, 0) is 10.0 Å². The van der Waals surface area contributed by atoms with Crippen LogP contribution in [0.1, 0.15) is 68.1 Å². The van der Waals surface area contributed by atoms with Crippen LogP contribution < -0.4 is 0 Å². The van der Waals surface area contributed by atoms with Gasteiger partial charge in [0.05, 0.1) is 10.8 Å². The Morgan fingerprint density at radius 2 is 1.69 bits per heavy atom. The Balaban J connectivity index is 0.00000289. The summed E-state index contributed by atoms with van der Waals surface area (Å²) in [6, 6.07) is 5.04. The molecular weight excluding hydrogens is 491 g/mol. The minimum Gasteiger partial charge on any atom is -0.295 e. The van der Waals surface area contributed by atoms with Crippen LogP contribution in [0.3, 0.4) is 0 Å². The topological polar surface area (TPSA) is 57.7 Å². The Bertz CT molecular complexity index is 907. The van der Waals surface area contributed by atoms with E-state index in [0.29, 0.717) is 46.8 Å². The molecule has 0 unspecified atom stereocenters. The molecule has 2 aliphatic carbocycles. The normalized spacial score (nSPS) is 22.3. The first-order valence-corrected chi connectivity index (χ1v) is 13.9. The Morgan fingerprint density at radius 1 is 1.03 bits per heavy atom. The van der Waals surface area contributed by atoms with Crippen LogP contribution >= 0.6 is 35.6 Å². The van der Waals surface area contributed by atoms with Crippen molar-refractivity contribution in [1.29, 1.82) is 0 Å². The Kier molecular flexibility index (Phi) is 8.95. The third kappa shape index (κ3) is 6.19. The fourth-order valence-electron chi connectivity index (χ4n) is 5.26. The predicted octanol–water partition coefficient (Wildman–Crippen LogP) is 5.44. The number of nitrogens with zero attached hydrogens (tertiary/aromatic N) is 2. The lowest BCUT2D eigenvalue weighted by Crippen LogP contribution is -2.59. The van der Waals surface area contributed by atoms with Crippen molar-refractivity contribution in [3.05, 3.63) is 33.8 Å². The highest BCUT2D eigenvalue weighted by Crippen LogP contribution is 2.39. The lowest BCUT2D eigenvalue weighted by atomic mass is 9.76. The molecule has 1 heterocycles. The molecule has 3 fully saturated rings. The van der Waals surface area contributed by atoms with Crippen molar-refractivity contribution in [3.63, 3.8) is 0 Å². The van der Waals surface area contributed by atoms with Gasteiger partial charge in [0.2, 0.25) is 10.0 Å². The number of sulfonamides is 1. The molecule has 0 bridgehead atoms. The summed E-state index contributed by atoms with van der Waals surface area (Å²) in [5.74, 6) is 0.741. The molecule has 2 saturated carbocycles. The second-order valence-electron chi connectivity index (χ2n) is 9.44. The first-order valence-electron chi connectivity index (χ1n) is 11.5. The number of hydrogen-bond donors (Lipinski definition) is 0. The summed E-state index contributed by atoms with van der Waals surface area (Å²) in [7, 11) is -3.14. The molecular formula is C23H33Cl3N2O3S. The van der Waals surface area contributed by atoms with Gasteiger partial charge in [-0.15, -0.1) is 12.4 Å². The summed E-state index contributed by atoms with van der Waals surface area (Å²) in [5, 5.41) is 0.935. The van der Waals surface area contributed by atoms with Gasteiger partial charge in [0.1, 0.15) is 0 Å². The van der Waals surface area contributed by atoms with Gasteiger partial charge in [0, 0.05) is 48.7 Å². The molecule has 1 saturated heterocycles. The maximum atomic E-state index is 12.9. The van der Waals surface area contributed by atoms with Crippen molar-refractivity contribution in [3.8, 4) is 0 Å². The highest BCUT2D eigenvalue weighted by molar-refractivity contribution is 7.89. The maximum Gasteiger partial charge on any atom is 0.214 e. The number of hydrogen-bond acceptors (Lipinski definition) is 4. The monoisotopic (exact) mass is 522 g/mol. The van der Waals surface area contributed by atoms with E-state index in [1.807, 2.05) is 0 Å². The molecule has 0 N–H and O–H groups in total.